The molecule has 0 aliphatic carbocycles. The summed E-state index contributed by atoms with van der Waals surface area (Å²) in [5.41, 5.74) is 1.18. The molecule has 110 valence electrons. The van der Waals surface area contributed by atoms with Crippen LogP contribution in [0.5, 0.6) is 0 Å². The minimum absolute atomic E-state index is 0. The lowest BCUT2D eigenvalue weighted by molar-refractivity contribution is 0.0746. The molecule has 2 radical (unpaired) electrons. The molecule has 2 fully saturated rings. The molecule has 0 aromatic heterocycles. The van der Waals surface area contributed by atoms with Gasteiger partial charge in [-0.15, -0.1) is 0 Å². The van der Waals surface area contributed by atoms with Crippen molar-refractivity contribution in [1.29, 1.82) is 5.26 Å². The first-order valence-electron chi connectivity index (χ1n) is 7.28. The quantitative estimate of drug-likeness (QED) is 0.792. The summed E-state index contributed by atoms with van der Waals surface area (Å²) < 4.78 is 0. The van der Waals surface area contributed by atoms with Crippen molar-refractivity contribution >= 4 is 5.91 Å². The third-order valence-corrected chi connectivity index (χ3v) is 4.29. The van der Waals surface area contributed by atoms with Crippen molar-refractivity contribution < 1.29 is 4.79 Å². The van der Waals surface area contributed by atoms with Gasteiger partial charge in [-0.3, -0.25) is 4.79 Å². The van der Waals surface area contributed by atoms with Crippen molar-refractivity contribution in [1.82, 2.24) is 9.80 Å². The number of benzene rings is 1. The summed E-state index contributed by atoms with van der Waals surface area (Å²) in [5, 5.41) is 8.94. The van der Waals surface area contributed by atoms with Crippen LogP contribution in [0.2, 0.25) is 0 Å². The minimum Gasteiger partial charge on any atom is -0.337 e. The first-order chi connectivity index (χ1) is 9.76. The number of piperidine rings is 1. The van der Waals surface area contributed by atoms with Gasteiger partial charge in [-0.1, -0.05) is 13.5 Å². The maximum Gasteiger partial charge on any atom is 0.253 e. The van der Waals surface area contributed by atoms with Gasteiger partial charge in [0.1, 0.15) is 0 Å². The average molecular weight is 283 g/mol. The van der Waals surface area contributed by atoms with E-state index in [0.717, 1.165) is 26.2 Å². The van der Waals surface area contributed by atoms with Gasteiger partial charge in [0.05, 0.1) is 11.6 Å². The highest BCUT2D eigenvalue weighted by molar-refractivity contribution is 5.94. The molecule has 2 heterocycles. The summed E-state index contributed by atoms with van der Waals surface area (Å²) in [7, 11) is 0. The van der Waals surface area contributed by atoms with Gasteiger partial charge in [0.15, 0.2) is 0 Å². The molecule has 2 atom stereocenters. The fourth-order valence-corrected chi connectivity index (χ4v) is 3.26. The van der Waals surface area contributed by atoms with Crippen molar-refractivity contribution in [2.24, 2.45) is 5.92 Å². The van der Waals surface area contributed by atoms with Crippen molar-refractivity contribution in [2.75, 3.05) is 32.7 Å². The molecule has 2 aliphatic heterocycles. The monoisotopic (exact) mass is 283 g/mol. The lowest BCUT2D eigenvalue weighted by atomic mass is 9.98. The molecule has 0 saturated carbocycles. The highest BCUT2D eigenvalue weighted by Crippen LogP contribution is 2.21. The van der Waals surface area contributed by atoms with Gasteiger partial charge in [0, 0.05) is 31.7 Å². The van der Waals surface area contributed by atoms with Gasteiger partial charge in [0.2, 0.25) is 0 Å². The van der Waals surface area contributed by atoms with E-state index in [1.807, 2.05) is 4.90 Å². The van der Waals surface area contributed by atoms with E-state index >= 15 is 0 Å². The van der Waals surface area contributed by atoms with Crippen LogP contribution in [0, 0.1) is 24.7 Å². The Morgan fingerprint density at radius 1 is 1.24 bits per heavy atom. The second kappa shape index (κ2) is 6.73. The van der Waals surface area contributed by atoms with Crippen molar-refractivity contribution in [2.45, 2.75) is 12.8 Å². The molecule has 2 aliphatic rings. The van der Waals surface area contributed by atoms with Crippen molar-refractivity contribution in [3.05, 3.63) is 42.8 Å². The molecule has 2 unspecified atom stereocenters. The summed E-state index contributed by atoms with van der Waals surface area (Å²) in [6.45, 7) is 4.92. The maximum absolute atomic E-state index is 12.6. The molecule has 0 N–H and O–H groups in total. The smallest absolute Gasteiger partial charge is 0.253 e. The molecular weight excluding hydrogens is 262 g/mol. The summed E-state index contributed by atoms with van der Waals surface area (Å²) in [4.78, 5) is 17.0. The predicted octanol–water partition coefficient (Wildman–Crippen LogP) is 2.05. The number of nitrogens with zero attached hydrogens (tertiary/aromatic N) is 3. The van der Waals surface area contributed by atoms with E-state index < -0.39 is 0 Å². The van der Waals surface area contributed by atoms with E-state index in [4.69, 9.17) is 5.26 Å². The summed E-state index contributed by atoms with van der Waals surface area (Å²) in [6, 6.07) is 9.11. The van der Waals surface area contributed by atoms with Crippen LogP contribution in [-0.4, -0.2) is 48.4 Å². The van der Waals surface area contributed by atoms with E-state index in [-0.39, 0.29) is 13.3 Å². The zero-order valence-corrected chi connectivity index (χ0v) is 12.3. The van der Waals surface area contributed by atoms with E-state index in [2.05, 4.69) is 11.0 Å². The van der Waals surface area contributed by atoms with Gasteiger partial charge >= 0.3 is 0 Å². The highest BCUT2D eigenvalue weighted by Gasteiger charge is 2.28. The maximum atomic E-state index is 12.6. The molecule has 3 rings (SSSR count). The Kier molecular flexibility index (Phi) is 4.98. The number of hydrogen-bond donors (Lipinski definition) is 0. The largest absolute Gasteiger partial charge is 0.337 e. The molecule has 4 nitrogen and oxygen atoms in total. The van der Waals surface area contributed by atoms with Crippen molar-refractivity contribution in [3.63, 3.8) is 0 Å². The Morgan fingerprint density at radius 3 is 2.90 bits per heavy atom. The standard InChI is InChI=1S/C16H19N3O.CH2/c17-10-13-3-1-5-15(9-13)16(20)19-8-7-18-6-2-4-14(11-18)12-19;/h1,3,5,9,14H,2,4,6-8,11-12H2;1H2. The van der Waals surface area contributed by atoms with Crippen LogP contribution in [0.1, 0.15) is 28.8 Å². The Bertz CT molecular complexity index is 549. The number of rotatable bonds is 1. The van der Waals surface area contributed by atoms with Crippen LogP contribution in [-0.2, 0) is 0 Å². The predicted molar refractivity (Wildman–Crippen MR) is 81.6 cm³/mol. The Morgan fingerprint density at radius 2 is 2.10 bits per heavy atom. The number of fused-ring (bicyclic) bond motifs is 2. The zero-order valence-electron chi connectivity index (χ0n) is 12.3. The van der Waals surface area contributed by atoms with Gasteiger partial charge in [0.25, 0.3) is 5.91 Å². The number of amides is 1. The van der Waals surface area contributed by atoms with Gasteiger partial charge in [-0.05, 0) is 43.5 Å². The minimum atomic E-state index is 0. The lowest BCUT2D eigenvalue weighted by Gasteiger charge is -2.29. The van der Waals surface area contributed by atoms with Crippen LogP contribution in [0.4, 0.5) is 0 Å². The normalized spacial score (nSPS) is 24.4. The Hall–Kier alpha value is -1.86. The Labute approximate surface area is 127 Å². The molecular formula is C17H21N3O. The fraction of sp³-hybridized carbons (Fsp3) is 0.471. The van der Waals surface area contributed by atoms with Gasteiger partial charge in [-0.25, -0.2) is 0 Å². The Balaban J connectivity index is 0.00000161. The molecule has 2 bridgehead atoms. The summed E-state index contributed by atoms with van der Waals surface area (Å²) in [6.07, 6.45) is 2.47. The van der Waals surface area contributed by atoms with Crippen LogP contribution in [0.25, 0.3) is 0 Å². The van der Waals surface area contributed by atoms with E-state index in [1.54, 1.807) is 24.3 Å². The van der Waals surface area contributed by atoms with E-state index in [1.165, 1.54) is 19.4 Å². The summed E-state index contributed by atoms with van der Waals surface area (Å²) in [5.74, 6) is 0.671. The van der Waals surface area contributed by atoms with Crippen LogP contribution in [0.3, 0.4) is 0 Å². The SMILES string of the molecule is N#Cc1cccc(C(=O)N2CCN3CCCC(C3)C2)c1.[CH2]. The average Bonchev–Trinajstić information content (AvgIpc) is 2.64. The summed E-state index contributed by atoms with van der Waals surface area (Å²) >= 11 is 0. The second-order valence-electron chi connectivity index (χ2n) is 5.75. The molecule has 0 spiro atoms. The first-order valence-corrected chi connectivity index (χ1v) is 7.28. The highest BCUT2D eigenvalue weighted by atomic mass is 16.2. The van der Waals surface area contributed by atoms with Gasteiger partial charge in [-0.2, -0.15) is 5.26 Å². The topological polar surface area (TPSA) is 47.3 Å². The number of carbonyl (C=O) groups excluding carboxylic acids is 1. The molecule has 21 heavy (non-hydrogen) atoms. The number of hydrogen-bond acceptors (Lipinski definition) is 3. The van der Waals surface area contributed by atoms with Crippen LogP contribution < -0.4 is 0 Å². The van der Waals surface area contributed by atoms with E-state index in [0.29, 0.717) is 17.0 Å². The molecule has 4 heteroatoms. The molecule has 1 aromatic carbocycles. The third-order valence-electron chi connectivity index (χ3n) is 4.29. The first kappa shape index (κ1) is 15.5. The van der Waals surface area contributed by atoms with Crippen molar-refractivity contribution in [3.8, 4) is 6.07 Å². The molecule has 1 amide bonds. The second-order valence-corrected chi connectivity index (χ2v) is 5.75. The zero-order chi connectivity index (χ0) is 13.9. The number of carbonyl (C=O) groups is 1. The number of nitriles is 1. The van der Waals surface area contributed by atoms with Gasteiger partial charge < -0.3 is 9.80 Å². The van der Waals surface area contributed by atoms with E-state index in [9.17, 15) is 4.79 Å². The lowest BCUT2D eigenvalue weighted by Crippen LogP contribution is -2.36. The molecule has 1 aromatic rings. The van der Waals surface area contributed by atoms with Crippen LogP contribution >= 0.6 is 0 Å². The fourth-order valence-electron chi connectivity index (χ4n) is 3.26. The molecule has 2 saturated heterocycles. The van der Waals surface area contributed by atoms with Crippen LogP contribution in [0.15, 0.2) is 24.3 Å². The third kappa shape index (κ3) is 3.43.